The summed E-state index contributed by atoms with van der Waals surface area (Å²) in [7, 11) is -2.89. The third-order valence-corrected chi connectivity index (χ3v) is 7.47. The van der Waals surface area contributed by atoms with Gasteiger partial charge in [-0.05, 0) is 35.6 Å². The van der Waals surface area contributed by atoms with E-state index in [9.17, 15) is 8.42 Å². The van der Waals surface area contributed by atoms with Crippen LogP contribution >= 0.6 is 11.8 Å². The lowest BCUT2D eigenvalue weighted by Gasteiger charge is -2.07. The van der Waals surface area contributed by atoms with Crippen LogP contribution < -0.4 is 4.74 Å². The molecule has 1 aliphatic rings. The van der Waals surface area contributed by atoms with Crippen LogP contribution in [0.3, 0.4) is 0 Å². The molecule has 0 N–H and O–H groups in total. The Bertz CT molecular complexity index is 1050. The fourth-order valence-electron chi connectivity index (χ4n) is 3.27. The van der Waals surface area contributed by atoms with Crippen LogP contribution in [0.5, 0.6) is 5.75 Å². The van der Waals surface area contributed by atoms with Gasteiger partial charge in [-0.25, -0.2) is 8.42 Å². The molecule has 2 heterocycles. The monoisotopic (exact) mass is 430 g/mol. The van der Waals surface area contributed by atoms with Crippen LogP contribution in [0, 0.1) is 5.92 Å². The maximum atomic E-state index is 11.6. The summed E-state index contributed by atoms with van der Waals surface area (Å²) in [5.74, 6) is 2.57. The summed E-state index contributed by atoms with van der Waals surface area (Å²) in [4.78, 5) is 0. The minimum atomic E-state index is -2.89. The minimum absolute atomic E-state index is 0.0803. The van der Waals surface area contributed by atoms with E-state index < -0.39 is 9.84 Å². The van der Waals surface area contributed by atoms with Crippen molar-refractivity contribution in [1.82, 2.24) is 10.2 Å². The zero-order valence-electron chi connectivity index (χ0n) is 15.9. The van der Waals surface area contributed by atoms with Gasteiger partial charge in [0.1, 0.15) is 12.4 Å². The second-order valence-corrected chi connectivity index (χ2v) is 10.3. The number of thioether (sulfide) groups is 1. The molecule has 152 valence electrons. The number of nitrogens with zero attached hydrogens (tertiary/aromatic N) is 2. The van der Waals surface area contributed by atoms with Crippen LogP contribution in [0.4, 0.5) is 0 Å². The van der Waals surface area contributed by atoms with Gasteiger partial charge in [-0.3, -0.25) is 0 Å². The van der Waals surface area contributed by atoms with Gasteiger partial charge >= 0.3 is 0 Å². The molecule has 1 aliphatic heterocycles. The van der Waals surface area contributed by atoms with Crippen molar-refractivity contribution in [3.63, 3.8) is 0 Å². The van der Waals surface area contributed by atoms with Gasteiger partial charge in [0.15, 0.2) is 9.84 Å². The molecule has 3 aromatic rings. The lowest BCUT2D eigenvalue weighted by molar-refractivity contribution is 0.306. The van der Waals surface area contributed by atoms with Crippen molar-refractivity contribution in [2.75, 3.05) is 11.5 Å². The second-order valence-electron chi connectivity index (χ2n) is 7.15. The van der Waals surface area contributed by atoms with Crippen LogP contribution in [0.1, 0.15) is 23.4 Å². The van der Waals surface area contributed by atoms with E-state index in [2.05, 4.69) is 10.2 Å². The first kappa shape index (κ1) is 20.0. The van der Waals surface area contributed by atoms with E-state index in [1.807, 2.05) is 54.6 Å². The summed E-state index contributed by atoms with van der Waals surface area (Å²) in [6.07, 6.45) is 1.19. The van der Waals surface area contributed by atoms with E-state index in [4.69, 9.17) is 9.15 Å². The summed E-state index contributed by atoms with van der Waals surface area (Å²) in [6, 6.07) is 18.0. The maximum absolute atomic E-state index is 11.6. The highest BCUT2D eigenvalue weighted by Gasteiger charge is 2.29. The van der Waals surface area contributed by atoms with Gasteiger partial charge in [-0.1, -0.05) is 54.2 Å². The molecule has 0 amide bonds. The molecule has 1 fully saturated rings. The van der Waals surface area contributed by atoms with Gasteiger partial charge in [-0.2, -0.15) is 0 Å². The molecule has 29 heavy (non-hydrogen) atoms. The SMILES string of the molecule is O=S1(=O)CCC(Cc2nnc(SCc3cccc(OCc4ccccc4)c3)o2)C1. The smallest absolute Gasteiger partial charge is 0.276 e. The van der Waals surface area contributed by atoms with Crippen molar-refractivity contribution in [3.8, 4) is 5.75 Å². The molecule has 2 aromatic carbocycles. The Morgan fingerprint density at radius 1 is 1.07 bits per heavy atom. The van der Waals surface area contributed by atoms with Gasteiger partial charge < -0.3 is 9.15 Å². The number of rotatable bonds is 8. The first-order valence-electron chi connectivity index (χ1n) is 9.47. The summed E-state index contributed by atoms with van der Waals surface area (Å²) in [5, 5.41) is 8.63. The molecular weight excluding hydrogens is 408 g/mol. The quantitative estimate of drug-likeness (QED) is 0.501. The maximum Gasteiger partial charge on any atom is 0.276 e. The fraction of sp³-hybridized carbons (Fsp3) is 0.333. The summed E-state index contributed by atoms with van der Waals surface area (Å²) >= 11 is 1.46. The Hall–Kier alpha value is -2.32. The van der Waals surface area contributed by atoms with E-state index in [1.165, 1.54) is 11.8 Å². The van der Waals surface area contributed by atoms with Crippen molar-refractivity contribution in [2.45, 2.75) is 30.4 Å². The standard InChI is InChI=1S/C21H22N2O4S2/c24-29(25)10-9-18(15-29)12-20-22-23-21(27-20)28-14-17-7-4-8-19(11-17)26-13-16-5-2-1-3-6-16/h1-8,11,18H,9-10,12-15H2. The molecule has 1 saturated heterocycles. The molecule has 0 radical (unpaired) electrons. The lowest BCUT2D eigenvalue weighted by Crippen LogP contribution is -2.07. The molecule has 0 bridgehead atoms. The summed E-state index contributed by atoms with van der Waals surface area (Å²) < 4.78 is 34.7. The number of aromatic nitrogens is 2. The zero-order valence-corrected chi connectivity index (χ0v) is 17.5. The van der Waals surface area contributed by atoms with Crippen molar-refractivity contribution in [2.24, 2.45) is 5.92 Å². The average Bonchev–Trinajstić information content (AvgIpc) is 3.31. The van der Waals surface area contributed by atoms with E-state index in [0.29, 0.717) is 36.3 Å². The molecule has 0 spiro atoms. The average molecular weight is 431 g/mol. The molecule has 1 aromatic heterocycles. The molecular formula is C21H22N2O4S2. The van der Waals surface area contributed by atoms with Gasteiger partial charge in [0.05, 0.1) is 11.5 Å². The fourth-order valence-corrected chi connectivity index (χ4v) is 5.86. The van der Waals surface area contributed by atoms with Crippen molar-refractivity contribution in [1.29, 1.82) is 0 Å². The molecule has 1 unspecified atom stereocenters. The third-order valence-electron chi connectivity index (χ3n) is 4.75. The lowest BCUT2D eigenvalue weighted by atomic mass is 10.1. The predicted octanol–water partition coefficient (Wildman–Crippen LogP) is 3.92. The number of hydrogen-bond acceptors (Lipinski definition) is 7. The minimum Gasteiger partial charge on any atom is -0.489 e. The van der Waals surface area contributed by atoms with Crippen molar-refractivity contribution >= 4 is 21.6 Å². The number of ether oxygens (including phenoxy) is 1. The zero-order chi connectivity index (χ0) is 20.1. The molecule has 8 heteroatoms. The van der Waals surface area contributed by atoms with E-state index in [-0.39, 0.29) is 17.4 Å². The van der Waals surface area contributed by atoms with Crippen LogP contribution in [0.2, 0.25) is 0 Å². The Morgan fingerprint density at radius 2 is 1.90 bits per heavy atom. The Morgan fingerprint density at radius 3 is 2.69 bits per heavy atom. The molecule has 1 atom stereocenters. The second kappa shape index (κ2) is 9.00. The third kappa shape index (κ3) is 5.83. The summed E-state index contributed by atoms with van der Waals surface area (Å²) in [6.45, 7) is 0.529. The van der Waals surface area contributed by atoms with Crippen LogP contribution in [-0.4, -0.2) is 30.1 Å². The van der Waals surface area contributed by atoms with Gasteiger partial charge in [0.25, 0.3) is 5.22 Å². The van der Waals surface area contributed by atoms with E-state index in [1.54, 1.807) is 0 Å². The topological polar surface area (TPSA) is 82.3 Å². The Balaban J connectivity index is 1.28. The highest BCUT2D eigenvalue weighted by Crippen LogP contribution is 2.26. The number of sulfone groups is 1. The highest BCUT2D eigenvalue weighted by atomic mass is 32.2. The van der Waals surface area contributed by atoms with E-state index in [0.717, 1.165) is 16.9 Å². The first-order chi connectivity index (χ1) is 14.1. The number of benzene rings is 2. The van der Waals surface area contributed by atoms with Crippen LogP contribution in [0.15, 0.2) is 64.2 Å². The van der Waals surface area contributed by atoms with Crippen LogP contribution in [0.25, 0.3) is 0 Å². The van der Waals surface area contributed by atoms with Gasteiger partial charge in [0.2, 0.25) is 5.89 Å². The normalized spacial score (nSPS) is 18.0. The largest absolute Gasteiger partial charge is 0.489 e. The van der Waals surface area contributed by atoms with Gasteiger partial charge in [0, 0.05) is 12.2 Å². The summed E-state index contributed by atoms with van der Waals surface area (Å²) in [5.41, 5.74) is 2.22. The first-order valence-corrected chi connectivity index (χ1v) is 12.3. The van der Waals surface area contributed by atoms with Crippen molar-refractivity contribution < 1.29 is 17.6 Å². The molecule has 6 nitrogen and oxygen atoms in total. The van der Waals surface area contributed by atoms with Crippen molar-refractivity contribution in [3.05, 3.63) is 71.6 Å². The number of hydrogen-bond donors (Lipinski definition) is 0. The Kier molecular flexibility index (Phi) is 6.20. The van der Waals surface area contributed by atoms with Gasteiger partial charge in [-0.15, -0.1) is 10.2 Å². The molecule has 4 rings (SSSR count). The van der Waals surface area contributed by atoms with E-state index >= 15 is 0 Å². The molecule has 0 saturated carbocycles. The molecule has 0 aliphatic carbocycles. The highest BCUT2D eigenvalue weighted by molar-refractivity contribution is 7.98. The van der Waals surface area contributed by atoms with Crippen LogP contribution in [-0.2, 0) is 28.6 Å². The predicted molar refractivity (Wildman–Crippen MR) is 112 cm³/mol. The Labute approximate surface area is 174 Å².